The van der Waals surface area contributed by atoms with Crippen molar-refractivity contribution in [1.82, 2.24) is 4.90 Å². The van der Waals surface area contributed by atoms with Crippen LogP contribution >= 0.6 is 0 Å². The number of carbonyl (C=O) groups is 1. The summed E-state index contributed by atoms with van der Waals surface area (Å²) in [5.41, 5.74) is 0.996. The molecule has 1 aliphatic rings. The Labute approximate surface area is 131 Å². The van der Waals surface area contributed by atoms with Crippen LogP contribution in [-0.4, -0.2) is 39.4 Å². The van der Waals surface area contributed by atoms with Crippen LogP contribution in [0.25, 0.3) is 0 Å². The highest BCUT2D eigenvalue weighted by molar-refractivity contribution is 7.90. The van der Waals surface area contributed by atoms with Gasteiger partial charge in [-0.1, -0.05) is 12.1 Å². The van der Waals surface area contributed by atoms with Crippen molar-refractivity contribution >= 4 is 22.0 Å². The zero-order valence-corrected chi connectivity index (χ0v) is 13.7. The number of benzene rings is 1. The highest BCUT2D eigenvalue weighted by Gasteiger charge is 2.42. The summed E-state index contributed by atoms with van der Waals surface area (Å²) in [7, 11) is 0.140. The lowest BCUT2D eigenvalue weighted by Crippen LogP contribution is -2.04. The SMILES string of the molecule is C/C=N/S(=O)(=O)c1ccc(C2CC2C(=O)/C=C/N(C)C)cc1. The van der Waals surface area contributed by atoms with Gasteiger partial charge in [-0.3, -0.25) is 4.79 Å². The molecule has 1 fully saturated rings. The summed E-state index contributed by atoms with van der Waals surface area (Å²) in [4.78, 5) is 14.0. The van der Waals surface area contributed by atoms with Gasteiger partial charge in [-0.2, -0.15) is 12.8 Å². The molecular weight excluding hydrogens is 300 g/mol. The molecule has 2 atom stereocenters. The second-order valence-electron chi connectivity index (χ2n) is 5.54. The van der Waals surface area contributed by atoms with Gasteiger partial charge in [0.15, 0.2) is 5.78 Å². The first-order valence-electron chi connectivity index (χ1n) is 7.08. The van der Waals surface area contributed by atoms with Crippen LogP contribution in [0.2, 0.25) is 0 Å². The number of hydrogen-bond donors (Lipinski definition) is 0. The van der Waals surface area contributed by atoms with Gasteiger partial charge in [0.2, 0.25) is 0 Å². The first kappa shape index (κ1) is 16.4. The lowest BCUT2D eigenvalue weighted by atomic mass is 10.1. The van der Waals surface area contributed by atoms with E-state index in [9.17, 15) is 13.2 Å². The molecule has 0 aliphatic heterocycles. The number of sulfonamides is 1. The molecule has 1 aliphatic carbocycles. The molecule has 0 saturated heterocycles. The van der Waals surface area contributed by atoms with E-state index in [2.05, 4.69) is 4.40 Å². The maximum atomic E-state index is 12.0. The highest BCUT2D eigenvalue weighted by Crippen LogP contribution is 2.48. The van der Waals surface area contributed by atoms with Gasteiger partial charge in [-0.25, -0.2) is 0 Å². The van der Waals surface area contributed by atoms with Crippen LogP contribution in [-0.2, 0) is 14.8 Å². The average Bonchev–Trinajstić information content (AvgIpc) is 3.25. The predicted molar refractivity (Wildman–Crippen MR) is 86.5 cm³/mol. The third kappa shape index (κ3) is 3.82. The third-order valence-electron chi connectivity index (χ3n) is 3.54. The summed E-state index contributed by atoms with van der Waals surface area (Å²) < 4.78 is 27.0. The molecule has 0 N–H and O–H groups in total. The highest BCUT2D eigenvalue weighted by atomic mass is 32.2. The van der Waals surface area contributed by atoms with Gasteiger partial charge in [0.1, 0.15) is 0 Å². The number of ketones is 1. The van der Waals surface area contributed by atoms with Gasteiger partial charge in [-0.05, 0) is 43.0 Å². The Morgan fingerprint density at radius 1 is 1.27 bits per heavy atom. The van der Waals surface area contributed by atoms with Crippen LogP contribution in [0.4, 0.5) is 0 Å². The lowest BCUT2D eigenvalue weighted by Gasteiger charge is -2.03. The monoisotopic (exact) mass is 320 g/mol. The van der Waals surface area contributed by atoms with Crippen LogP contribution in [0.1, 0.15) is 24.8 Å². The molecule has 0 amide bonds. The van der Waals surface area contributed by atoms with Gasteiger partial charge in [0, 0.05) is 32.4 Å². The molecule has 0 aromatic heterocycles. The molecule has 2 unspecified atom stereocenters. The van der Waals surface area contributed by atoms with Crippen molar-refractivity contribution in [2.24, 2.45) is 10.3 Å². The summed E-state index contributed by atoms with van der Waals surface area (Å²) >= 11 is 0. The first-order chi connectivity index (χ1) is 10.3. The van der Waals surface area contributed by atoms with Gasteiger partial charge >= 0.3 is 0 Å². The fraction of sp³-hybridized carbons (Fsp3) is 0.375. The van der Waals surface area contributed by atoms with Crippen molar-refractivity contribution in [2.45, 2.75) is 24.2 Å². The number of hydrogen-bond acceptors (Lipinski definition) is 4. The molecule has 1 aromatic rings. The molecule has 1 aromatic carbocycles. The largest absolute Gasteiger partial charge is 0.383 e. The summed E-state index contributed by atoms with van der Waals surface area (Å²) in [6, 6.07) is 6.64. The summed E-state index contributed by atoms with van der Waals surface area (Å²) in [5, 5.41) is 0. The van der Waals surface area contributed by atoms with Crippen LogP contribution < -0.4 is 0 Å². The van der Waals surface area contributed by atoms with Crippen LogP contribution in [0.5, 0.6) is 0 Å². The van der Waals surface area contributed by atoms with E-state index in [1.807, 2.05) is 19.0 Å². The summed E-state index contributed by atoms with van der Waals surface area (Å²) in [5.74, 6) is 0.309. The second-order valence-corrected chi connectivity index (χ2v) is 7.17. The van der Waals surface area contributed by atoms with Gasteiger partial charge in [0.25, 0.3) is 10.0 Å². The molecule has 0 bridgehead atoms. The van der Waals surface area contributed by atoms with Crippen molar-refractivity contribution in [2.75, 3.05) is 14.1 Å². The average molecular weight is 320 g/mol. The van der Waals surface area contributed by atoms with Crippen LogP contribution in [0, 0.1) is 5.92 Å². The van der Waals surface area contributed by atoms with Gasteiger partial charge in [0.05, 0.1) is 4.90 Å². The van der Waals surface area contributed by atoms with Crippen LogP contribution in [0.3, 0.4) is 0 Å². The molecule has 0 radical (unpaired) electrons. The topological polar surface area (TPSA) is 66.8 Å². The van der Waals surface area contributed by atoms with E-state index in [0.717, 1.165) is 12.0 Å². The number of carbonyl (C=O) groups excluding carboxylic acids is 1. The molecule has 6 heteroatoms. The third-order valence-corrected chi connectivity index (χ3v) is 4.90. The molecule has 0 spiro atoms. The van der Waals surface area contributed by atoms with Crippen LogP contribution in [0.15, 0.2) is 45.8 Å². The maximum Gasteiger partial charge on any atom is 0.281 e. The molecule has 0 heterocycles. The minimum absolute atomic E-state index is 0.00678. The standard InChI is InChI=1S/C16H20N2O3S/c1-4-17-22(20,21)13-7-5-12(6-8-13)14-11-15(14)16(19)9-10-18(2)3/h4-10,14-15H,11H2,1-3H3/b10-9+,17-4+. The Kier molecular flexibility index (Phi) is 4.81. The van der Waals surface area contributed by atoms with Crippen molar-refractivity contribution in [1.29, 1.82) is 0 Å². The second kappa shape index (κ2) is 6.44. The minimum atomic E-state index is -3.59. The van der Waals surface area contributed by atoms with Crippen molar-refractivity contribution in [3.05, 3.63) is 42.1 Å². The van der Waals surface area contributed by atoms with E-state index in [1.165, 1.54) is 6.21 Å². The van der Waals surface area contributed by atoms with Crippen molar-refractivity contribution in [3.8, 4) is 0 Å². The summed E-state index contributed by atoms with van der Waals surface area (Å²) in [6.45, 7) is 1.56. The van der Waals surface area contributed by atoms with E-state index in [4.69, 9.17) is 0 Å². The van der Waals surface area contributed by atoms with E-state index >= 15 is 0 Å². The summed E-state index contributed by atoms with van der Waals surface area (Å²) in [6.07, 6.45) is 5.42. The molecular formula is C16H20N2O3S. The van der Waals surface area contributed by atoms with E-state index in [-0.39, 0.29) is 22.5 Å². The van der Waals surface area contributed by atoms with Gasteiger partial charge < -0.3 is 4.90 Å². The Hall–Kier alpha value is -1.95. The van der Waals surface area contributed by atoms with Crippen molar-refractivity contribution < 1.29 is 13.2 Å². The predicted octanol–water partition coefficient (Wildman–Crippen LogP) is 2.21. The smallest absolute Gasteiger partial charge is 0.281 e. The molecule has 2 rings (SSSR count). The Balaban J connectivity index is 2.06. The van der Waals surface area contributed by atoms with E-state index < -0.39 is 10.0 Å². The zero-order valence-electron chi connectivity index (χ0n) is 12.9. The fourth-order valence-electron chi connectivity index (χ4n) is 2.31. The Bertz CT molecular complexity index is 703. The fourth-order valence-corrected chi connectivity index (χ4v) is 3.19. The Morgan fingerprint density at radius 2 is 1.91 bits per heavy atom. The normalized spacial score (nSPS) is 21.4. The number of allylic oxidation sites excluding steroid dienone is 1. The van der Waals surface area contributed by atoms with Crippen molar-refractivity contribution in [3.63, 3.8) is 0 Å². The maximum absolute atomic E-state index is 12.0. The lowest BCUT2D eigenvalue weighted by molar-refractivity contribution is -0.115. The molecule has 118 valence electrons. The molecule has 22 heavy (non-hydrogen) atoms. The van der Waals surface area contributed by atoms with Gasteiger partial charge in [-0.15, -0.1) is 0 Å². The van der Waals surface area contributed by atoms with E-state index in [0.29, 0.717) is 0 Å². The Morgan fingerprint density at radius 3 is 2.45 bits per heavy atom. The zero-order chi connectivity index (χ0) is 16.3. The minimum Gasteiger partial charge on any atom is -0.383 e. The quantitative estimate of drug-likeness (QED) is 0.595. The molecule has 5 nitrogen and oxygen atoms in total. The van der Waals surface area contributed by atoms with E-state index in [1.54, 1.807) is 43.5 Å². The first-order valence-corrected chi connectivity index (χ1v) is 8.52. The number of nitrogens with zero attached hydrogens (tertiary/aromatic N) is 2. The molecule has 1 saturated carbocycles. The number of rotatable bonds is 6.